The van der Waals surface area contributed by atoms with Gasteiger partial charge in [0.1, 0.15) is 23.3 Å². The van der Waals surface area contributed by atoms with Crippen LogP contribution in [0.2, 0.25) is 0 Å². The number of hydrogen-bond donors (Lipinski definition) is 2. The number of pyridine rings is 1. The van der Waals surface area contributed by atoms with Crippen LogP contribution in [0.25, 0.3) is 0 Å². The van der Waals surface area contributed by atoms with Crippen LogP contribution in [0.4, 0.5) is 21.6 Å². The summed E-state index contributed by atoms with van der Waals surface area (Å²) in [5, 5.41) is 11.9. The molecule has 0 atom stereocenters. The Kier molecular flexibility index (Phi) is 3.67. The molecule has 0 radical (unpaired) electrons. The van der Waals surface area contributed by atoms with Crippen molar-refractivity contribution in [3.05, 3.63) is 45.8 Å². The predicted molar refractivity (Wildman–Crippen MR) is 75.5 cm³/mol. The minimum Gasteiger partial charge on any atom is -0.397 e. The van der Waals surface area contributed by atoms with Gasteiger partial charge in [0, 0.05) is 0 Å². The smallest absolute Gasteiger partial charge is 0.145 e. The molecular weight excluding hydrogens is 311 g/mol. The second-order valence-corrected chi connectivity index (χ2v) is 4.69. The Morgan fingerprint density at radius 3 is 2.89 bits per heavy atom. The third-order valence-corrected chi connectivity index (χ3v) is 3.65. The molecule has 2 aromatic rings. The van der Waals surface area contributed by atoms with Crippen LogP contribution in [0.3, 0.4) is 0 Å². The van der Waals surface area contributed by atoms with Gasteiger partial charge in [-0.1, -0.05) is 6.07 Å². The van der Waals surface area contributed by atoms with Crippen molar-refractivity contribution in [1.29, 1.82) is 5.26 Å². The lowest BCUT2D eigenvalue weighted by Crippen LogP contribution is -2.01. The number of benzene rings is 1. The van der Waals surface area contributed by atoms with E-state index in [0.717, 1.165) is 5.56 Å². The topological polar surface area (TPSA) is 74.7 Å². The Morgan fingerprint density at radius 1 is 1.47 bits per heavy atom. The van der Waals surface area contributed by atoms with Gasteiger partial charge in [-0.2, -0.15) is 5.26 Å². The molecule has 19 heavy (non-hydrogen) atoms. The Hall–Kier alpha value is -2.13. The normalized spacial score (nSPS) is 10.0. The highest BCUT2D eigenvalue weighted by molar-refractivity contribution is 9.10. The molecule has 0 saturated heterocycles. The first-order valence-corrected chi connectivity index (χ1v) is 6.20. The number of anilines is 3. The van der Waals surface area contributed by atoms with Crippen LogP contribution in [0.15, 0.2) is 28.9 Å². The fraction of sp³-hybridized carbons (Fsp3) is 0.0769. The molecule has 96 valence electrons. The van der Waals surface area contributed by atoms with Crippen LogP contribution in [0.5, 0.6) is 0 Å². The molecule has 3 N–H and O–H groups in total. The van der Waals surface area contributed by atoms with Gasteiger partial charge in [-0.25, -0.2) is 9.37 Å². The van der Waals surface area contributed by atoms with Gasteiger partial charge in [0.2, 0.25) is 0 Å². The predicted octanol–water partition coefficient (Wildman–Crippen LogP) is 3.49. The van der Waals surface area contributed by atoms with E-state index in [1.807, 2.05) is 13.0 Å². The molecule has 1 aromatic heterocycles. The lowest BCUT2D eigenvalue weighted by molar-refractivity contribution is 0.624. The van der Waals surface area contributed by atoms with Crippen LogP contribution in [-0.2, 0) is 0 Å². The van der Waals surface area contributed by atoms with Crippen LogP contribution < -0.4 is 11.1 Å². The second kappa shape index (κ2) is 5.24. The summed E-state index contributed by atoms with van der Waals surface area (Å²) in [5.41, 5.74) is 7.42. The standard InChI is InChI=1S/C13H10BrFN4/c1-7-10(17)6-18-13(12(7)14)19-11-4-2-3-9(15)8(11)5-16/h2-4,6H,17H2,1H3,(H,18,19). The van der Waals surface area contributed by atoms with Gasteiger partial charge in [-0.3, -0.25) is 0 Å². The largest absolute Gasteiger partial charge is 0.397 e. The number of nitrogens with two attached hydrogens (primary N) is 1. The molecule has 1 aromatic carbocycles. The van der Waals surface area contributed by atoms with Crippen LogP contribution >= 0.6 is 15.9 Å². The average Bonchev–Trinajstić information content (AvgIpc) is 2.40. The molecule has 2 rings (SSSR count). The molecule has 0 spiro atoms. The highest BCUT2D eigenvalue weighted by Gasteiger charge is 2.12. The molecular formula is C13H10BrFN4. The molecule has 0 amide bonds. The maximum atomic E-state index is 13.5. The molecule has 0 bridgehead atoms. The van der Waals surface area contributed by atoms with Gasteiger partial charge >= 0.3 is 0 Å². The van der Waals surface area contributed by atoms with E-state index < -0.39 is 5.82 Å². The van der Waals surface area contributed by atoms with E-state index in [1.54, 1.807) is 6.07 Å². The minimum atomic E-state index is -0.573. The van der Waals surface area contributed by atoms with Crippen LogP contribution in [-0.4, -0.2) is 4.98 Å². The van der Waals surface area contributed by atoms with Crippen molar-refractivity contribution in [2.24, 2.45) is 0 Å². The molecule has 6 heteroatoms. The summed E-state index contributed by atoms with van der Waals surface area (Å²) < 4.78 is 14.2. The molecule has 0 fully saturated rings. The Morgan fingerprint density at radius 2 is 2.21 bits per heavy atom. The number of nitrogens with one attached hydrogen (secondary N) is 1. The molecule has 0 aliphatic rings. The van der Waals surface area contributed by atoms with E-state index in [9.17, 15) is 4.39 Å². The van der Waals surface area contributed by atoms with Gasteiger partial charge < -0.3 is 11.1 Å². The minimum absolute atomic E-state index is 0.0503. The average molecular weight is 321 g/mol. The zero-order chi connectivity index (χ0) is 14.0. The number of nitrogen functional groups attached to an aromatic ring is 1. The molecule has 0 saturated carbocycles. The Labute approximate surface area is 118 Å². The van der Waals surface area contributed by atoms with E-state index >= 15 is 0 Å². The van der Waals surface area contributed by atoms with Crippen molar-refractivity contribution in [3.63, 3.8) is 0 Å². The Balaban J connectivity index is 2.46. The van der Waals surface area contributed by atoms with E-state index in [-0.39, 0.29) is 5.56 Å². The summed E-state index contributed by atoms with van der Waals surface area (Å²) in [6.45, 7) is 1.84. The lowest BCUT2D eigenvalue weighted by Gasteiger charge is -2.12. The summed E-state index contributed by atoms with van der Waals surface area (Å²) in [6.07, 6.45) is 1.51. The third-order valence-electron chi connectivity index (χ3n) is 2.68. The number of halogens is 2. The zero-order valence-electron chi connectivity index (χ0n) is 10.0. The van der Waals surface area contributed by atoms with E-state index in [4.69, 9.17) is 11.0 Å². The number of hydrogen-bond acceptors (Lipinski definition) is 4. The first-order valence-electron chi connectivity index (χ1n) is 5.40. The number of nitrogens with zero attached hydrogens (tertiary/aromatic N) is 2. The SMILES string of the molecule is Cc1c(N)cnc(Nc2cccc(F)c2C#N)c1Br. The third kappa shape index (κ3) is 2.51. The highest BCUT2D eigenvalue weighted by atomic mass is 79.9. The van der Waals surface area contributed by atoms with Crippen molar-refractivity contribution in [3.8, 4) is 6.07 Å². The number of rotatable bonds is 2. The van der Waals surface area contributed by atoms with Gasteiger partial charge in [-0.15, -0.1) is 0 Å². The van der Waals surface area contributed by atoms with Crippen LogP contribution in [0.1, 0.15) is 11.1 Å². The molecule has 0 aliphatic carbocycles. The van der Waals surface area contributed by atoms with E-state index in [2.05, 4.69) is 26.2 Å². The van der Waals surface area contributed by atoms with E-state index in [0.29, 0.717) is 21.7 Å². The van der Waals surface area contributed by atoms with Crippen LogP contribution in [0, 0.1) is 24.1 Å². The first kappa shape index (κ1) is 13.3. The highest BCUT2D eigenvalue weighted by Crippen LogP contribution is 2.31. The van der Waals surface area contributed by atoms with Crippen molar-refractivity contribution in [2.75, 3.05) is 11.1 Å². The van der Waals surface area contributed by atoms with Gasteiger partial charge in [-0.05, 0) is 40.5 Å². The second-order valence-electron chi connectivity index (χ2n) is 3.90. The number of nitriles is 1. The molecule has 1 heterocycles. The fourth-order valence-corrected chi connectivity index (χ4v) is 1.98. The van der Waals surface area contributed by atoms with E-state index in [1.165, 1.54) is 18.3 Å². The summed E-state index contributed by atoms with van der Waals surface area (Å²) in [4.78, 5) is 4.12. The summed E-state index contributed by atoms with van der Waals surface area (Å²) in [7, 11) is 0. The first-order chi connectivity index (χ1) is 9.04. The van der Waals surface area contributed by atoms with Gasteiger partial charge in [0.25, 0.3) is 0 Å². The molecule has 0 aliphatic heterocycles. The van der Waals surface area contributed by atoms with Gasteiger partial charge in [0.05, 0.1) is 22.0 Å². The monoisotopic (exact) mass is 320 g/mol. The lowest BCUT2D eigenvalue weighted by atomic mass is 10.2. The van der Waals surface area contributed by atoms with Crippen molar-refractivity contribution >= 4 is 33.1 Å². The quantitative estimate of drug-likeness (QED) is 0.888. The molecule has 0 unspecified atom stereocenters. The zero-order valence-corrected chi connectivity index (χ0v) is 11.6. The summed E-state index contributed by atoms with van der Waals surface area (Å²) >= 11 is 3.37. The maximum Gasteiger partial charge on any atom is 0.145 e. The summed E-state index contributed by atoms with van der Waals surface area (Å²) in [6, 6.07) is 6.20. The number of aromatic nitrogens is 1. The fourth-order valence-electron chi connectivity index (χ4n) is 1.55. The van der Waals surface area contributed by atoms with Crippen molar-refractivity contribution in [1.82, 2.24) is 4.98 Å². The Bertz CT molecular complexity index is 679. The summed E-state index contributed by atoms with van der Waals surface area (Å²) in [5.74, 6) is -0.0930. The van der Waals surface area contributed by atoms with Gasteiger partial charge in [0.15, 0.2) is 0 Å². The van der Waals surface area contributed by atoms with Crippen molar-refractivity contribution in [2.45, 2.75) is 6.92 Å². The van der Waals surface area contributed by atoms with Crippen molar-refractivity contribution < 1.29 is 4.39 Å². The molecule has 4 nitrogen and oxygen atoms in total. The maximum absolute atomic E-state index is 13.5.